The summed E-state index contributed by atoms with van der Waals surface area (Å²) in [5.74, 6) is 0.816. The number of benzene rings is 1. The van der Waals surface area contributed by atoms with Gasteiger partial charge in [-0.15, -0.1) is 0 Å². The van der Waals surface area contributed by atoms with Gasteiger partial charge in [-0.1, -0.05) is 12.1 Å². The molecule has 0 unspecified atom stereocenters. The van der Waals surface area contributed by atoms with Crippen molar-refractivity contribution in [1.82, 2.24) is 10.2 Å². The predicted molar refractivity (Wildman–Crippen MR) is 83.6 cm³/mol. The SMILES string of the molecule is CCN(CC(C)(C)O)C(=O)NCCc1cccc(OC)c1. The molecule has 0 atom stereocenters. The fraction of sp³-hybridized carbons (Fsp3) is 0.562. The van der Waals surface area contributed by atoms with Crippen LogP contribution in [-0.2, 0) is 6.42 Å². The summed E-state index contributed by atoms with van der Waals surface area (Å²) in [7, 11) is 1.64. The second kappa shape index (κ2) is 7.88. The Hall–Kier alpha value is -1.75. The van der Waals surface area contributed by atoms with Gasteiger partial charge in [0.15, 0.2) is 0 Å². The Morgan fingerprint density at radius 2 is 2.14 bits per heavy atom. The van der Waals surface area contributed by atoms with Gasteiger partial charge in [-0.2, -0.15) is 0 Å². The van der Waals surface area contributed by atoms with E-state index >= 15 is 0 Å². The Kier molecular flexibility index (Phi) is 6.49. The smallest absolute Gasteiger partial charge is 0.317 e. The van der Waals surface area contributed by atoms with Crippen molar-refractivity contribution in [2.75, 3.05) is 26.7 Å². The maximum atomic E-state index is 12.0. The van der Waals surface area contributed by atoms with E-state index in [1.807, 2.05) is 31.2 Å². The number of carbonyl (C=O) groups excluding carboxylic acids is 1. The molecule has 2 N–H and O–H groups in total. The van der Waals surface area contributed by atoms with Gasteiger partial charge >= 0.3 is 6.03 Å². The molecule has 0 heterocycles. The van der Waals surface area contributed by atoms with Crippen molar-refractivity contribution in [2.45, 2.75) is 32.8 Å². The largest absolute Gasteiger partial charge is 0.497 e. The highest BCUT2D eigenvalue weighted by molar-refractivity contribution is 5.74. The summed E-state index contributed by atoms with van der Waals surface area (Å²) in [5, 5.41) is 12.7. The molecule has 0 saturated heterocycles. The van der Waals surface area contributed by atoms with Crippen molar-refractivity contribution < 1.29 is 14.6 Å². The molecule has 1 aromatic carbocycles. The van der Waals surface area contributed by atoms with E-state index < -0.39 is 5.60 Å². The van der Waals surface area contributed by atoms with Crippen LogP contribution in [0.4, 0.5) is 4.79 Å². The van der Waals surface area contributed by atoms with Gasteiger partial charge in [-0.3, -0.25) is 0 Å². The lowest BCUT2D eigenvalue weighted by molar-refractivity contribution is 0.0480. The van der Waals surface area contributed by atoms with Crippen LogP contribution in [0.5, 0.6) is 5.75 Å². The van der Waals surface area contributed by atoms with Gasteiger partial charge in [0.2, 0.25) is 0 Å². The quantitative estimate of drug-likeness (QED) is 0.809. The van der Waals surface area contributed by atoms with E-state index in [1.54, 1.807) is 25.9 Å². The van der Waals surface area contributed by atoms with Crippen molar-refractivity contribution in [3.8, 4) is 5.75 Å². The second-order valence-corrected chi connectivity index (χ2v) is 5.66. The Bertz CT molecular complexity index is 455. The van der Waals surface area contributed by atoms with E-state index in [-0.39, 0.29) is 6.03 Å². The third-order valence-electron chi connectivity index (χ3n) is 3.07. The molecule has 118 valence electrons. The highest BCUT2D eigenvalue weighted by Crippen LogP contribution is 2.12. The molecule has 0 radical (unpaired) electrons. The number of ether oxygens (including phenoxy) is 1. The number of nitrogens with zero attached hydrogens (tertiary/aromatic N) is 1. The summed E-state index contributed by atoms with van der Waals surface area (Å²) in [6.07, 6.45) is 0.739. The summed E-state index contributed by atoms with van der Waals surface area (Å²) >= 11 is 0. The molecule has 0 saturated carbocycles. The molecule has 5 heteroatoms. The minimum absolute atomic E-state index is 0.150. The van der Waals surface area contributed by atoms with Crippen LogP contribution in [0.3, 0.4) is 0 Å². The zero-order valence-corrected chi connectivity index (χ0v) is 13.3. The highest BCUT2D eigenvalue weighted by Gasteiger charge is 2.20. The Morgan fingerprint density at radius 1 is 1.43 bits per heavy atom. The minimum Gasteiger partial charge on any atom is -0.497 e. The normalized spacial score (nSPS) is 11.1. The Balaban J connectivity index is 2.44. The second-order valence-electron chi connectivity index (χ2n) is 5.66. The highest BCUT2D eigenvalue weighted by atomic mass is 16.5. The third kappa shape index (κ3) is 6.49. The van der Waals surface area contributed by atoms with Crippen LogP contribution in [0.2, 0.25) is 0 Å². The molecule has 0 fully saturated rings. The lowest BCUT2D eigenvalue weighted by Gasteiger charge is -2.28. The first-order valence-electron chi connectivity index (χ1n) is 7.24. The van der Waals surface area contributed by atoms with Crippen LogP contribution in [0.1, 0.15) is 26.3 Å². The van der Waals surface area contributed by atoms with Crippen molar-refractivity contribution in [1.29, 1.82) is 0 Å². The van der Waals surface area contributed by atoms with Crippen molar-refractivity contribution in [3.05, 3.63) is 29.8 Å². The Labute approximate surface area is 126 Å². The molecular formula is C16H26N2O3. The first kappa shape index (κ1) is 17.3. The molecule has 0 aliphatic heterocycles. The van der Waals surface area contributed by atoms with Crippen LogP contribution in [-0.4, -0.2) is 48.4 Å². The number of likely N-dealkylation sites (N-methyl/N-ethyl adjacent to an activating group) is 1. The first-order chi connectivity index (χ1) is 9.85. The van der Waals surface area contributed by atoms with Gasteiger partial charge in [-0.25, -0.2) is 4.79 Å². The van der Waals surface area contributed by atoms with E-state index in [0.717, 1.165) is 17.7 Å². The average Bonchev–Trinajstić information content (AvgIpc) is 2.44. The van der Waals surface area contributed by atoms with Crippen molar-refractivity contribution >= 4 is 6.03 Å². The standard InChI is InChI=1S/C16H26N2O3/c1-5-18(12-16(2,3)20)15(19)17-10-9-13-7-6-8-14(11-13)21-4/h6-8,11,20H,5,9-10,12H2,1-4H3,(H,17,19). The Morgan fingerprint density at radius 3 is 2.71 bits per heavy atom. The molecule has 0 aliphatic rings. The van der Waals surface area contributed by atoms with Gasteiger partial charge in [0.05, 0.1) is 19.3 Å². The summed E-state index contributed by atoms with van der Waals surface area (Å²) in [6, 6.07) is 7.64. The van der Waals surface area contributed by atoms with Gasteiger partial charge in [0.1, 0.15) is 5.75 Å². The summed E-state index contributed by atoms with van der Waals surface area (Å²) in [4.78, 5) is 13.6. The number of hydrogen-bond acceptors (Lipinski definition) is 3. The number of rotatable bonds is 7. The third-order valence-corrected chi connectivity index (χ3v) is 3.07. The monoisotopic (exact) mass is 294 g/mol. The van der Waals surface area contributed by atoms with E-state index in [0.29, 0.717) is 19.6 Å². The molecule has 0 aliphatic carbocycles. The number of nitrogens with one attached hydrogen (secondary N) is 1. The lowest BCUT2D eigenvalue weighted by atomic mass is 10.1. The van der Waals surface area contributed by atoms with Crippen molar-refractivity contribution in [3.63, 3.8) is 0 Å². The molecule has 0 aromatic heterocycles. The van der Waals surface area contributed by atoms with Gasteiger partial charge < -0.3 is 20.1 Å². The maximum Gasteiger partial charge on any atom is 0.317 e. The fourth-order valence-electron chi connectivity index (χ4n) is 2.05. The number of hydrogen-bond donors (Lipinski definition) is 2. The molecule has 0 spiro atoms. The van der Waals surface area contributed by atoms with Gasteiger partial charge in [0.25, 0.3) is 0 Å². The van der Waals surface area contributed by atoms with E-state index in [9.17, 15) is 9.90 Å². The molecular weight excluding hydrogens is 268 g/mol. The van der Waals surface area contributed by atoms with Crippen LogP contribution >= 0.6 is 0 Å². The zero-order valence-electron chi connectivity index (χ0n) is 13.3. The summed E-state index contributed by atoms with van der Waals surface area (Å²) in [5.41, 5.74) is 0.223. The van der Waals surface area contributed by atoms with E-state index in [1.165, 1.54) is 0 Å². The van der Waals surface area contributed by atoms with Crippen LogP contribution < -0.4 is 10.1 Å². The van der Waals surface area contributed by atoms with E-state index in [4.69, 9.17) is 4.74 Å². The van der Waals surface area contributed by atoms with Crippen LogP contribution in [0.15, 0.2) is 24.3 Å². The summed E-state index contributed by atoms with van der Waals surface area (Å²) < 4.78 is 5.17. The zero-order chi connectivity index (χ0) is 15.9. The number of methoxy groups -OCH3 is 1. The number of amides is 2. The fourth-order valence-corrected chi connectivity index (χ4v) is 2.05. The molecule has 1 rings (SSSR count). The number of carbonyl (C=O) groups is 1. The van der Waals surface area contributed by atoms with Crippen LogP contribution in [0, 0.1) is 0 Å². The topological polar surface area (TPSA) is 61.8 Å². The number of urea groups is 1. The van der Waals surface area contributed by atoms with Gasteiger partial charge in [0, 0.05) is 13.1 Å². The van der Waals surface area contributed by atoms with Crippen molar-refractivity contribution in [2.24, 2.45) is 0 Å². The minimum atomic E-state index is -0.889. The lowest BCUT2D eigenvalue weighted by Crippen LogP contribution is -2.47. The van der Waals surface area contributed by atoms with E-state index in [2.05, 4.69) is 5.32 Å². The molecule has 21 heavy (non-hydrogen) atoms. The first-order valence-corrected chi connectivity index (χ1v) is 7.24. The molecule has 1 aromatic rings. The average molecular weight is 294 g/mol. The maximum absolute atomic E-state index is 12.0. The van der Waals surface area contributed by atoms with Gasteiger partial charge in [-0.05, 0) is 44.9 Å². The van der Waals surface area contributed by atoms with Crippen LogP contribution in [0.25, 0.3) is 0 Å². The molecule has 2 amide bonds. The predicted octanol–water partition coefficient (Wildman–Crippen LogP) is 2.04. The number of aliphatic hydroxyl groups is 1. The molecule has 0 bridgehead atoms. The molecule has 5 nitrogen and oxygen atoms in total. The summed E-state index contributed by atoms with van der Waals surface area (Å²) in [6.45, 7) is 6.71.